The molecule has 2 N–H and O–H groups in total. The second-order valence-electron chi connectivity index (χ2n) is 2.51. The summed E-state index contributed by atoms with van der Waals surface area (Å²) < 4.78 is 11.3. The van der Waals surface area contributed by atoms with Crippen molar-refractivity contribution in [3.8, 4) is 11.5 Å². The lowest BCUT2D eigenvalue weighted by molar-refractivity contribution is 0.174. The van der Waals surface area contributed by atoms with Crippen LogP contribution in [0.25, 0.3) is 0 Å². The van der Waals surface area contributed by atoms with E-state index in [9.17, 15) is 0 Å². The quantitative estimate of drug-likeness (QED) is 0.461. The maximum absolute atomic E-state index is 5.19. The molecule has 5 heteroatoms. The molecule has 1 heterocycles. The van der Waals surface area contributed by atoms with Gasteiger partial charge in [-0.15, -0.1) is 0 Å². The Morgan fingerprint density at radius 1 is 1.38 bits per heavy atom. The highest BCUT2D eigenvalue weighted by Crippen LogP contribution is 2.36. The third-order valence-electron chi connectivity index (χ3n) is 1.71. The number of hydrogen-bond acceptors (Lipinski definition) is 4. The van der Waals surface area contributed by atoms with E-state index >= 15 is 0 Å². The van der Waals surface area contributed by atoms with Gasteiger partial charge < -0.3 is 15.3 Å². The minimum Gasteiger partial charge on any atom is -0.454 e. The van der Waals surface area contributed by atoms with Gasteiger partial charge in [-0.25, -0.2) is 0 Å². The number of nitrogens with two attached hydrogens (primary N) is 1. The van der Waals surface area contributed by atoms with Crippen LogP contribution in [0.3, 0.4) is 0 Å². The van der Waals surface area contributed by atoms with Gasteiger partial charge in [0.05, 0.1) is 6.21 Å². The highest BCUT2D eigenvalue weighted by molar-refractivity contribution is 9.10. The van der Waals surface area contributed by atoms with E-state index in [1.54, 1.807) is 6.21 Å². The van der Waals surface area contributed by atoms with Crippen molar-refractivity contribution in [3.63, 3.8) is 0 Å². The number of halogens is 1. The molecule has 68 valence electrons. The smallest absolute Gasteiger partial charge is 0.231 e. The summed E-state index contributed by atoms with van der Waals surface area (Å²) in [7, 11) is 0. The summed E-state index contributed by atoms with van der Waals surface area (Å²) >= 11 is 3.37. The van der Waals surface area contributed by atoms with Crippen LogP contribution in [0.5, 0.6) is 11.5 Å². The lowest BCUT2D eigenvalue weighted by atomic mass is 10.2. The Morgan fingerprint density at radius 3 is 2.77 bits per heavy atom. The molecule has 0 bridgehead atoms. The maximum atomic E-state index is 5.19. The zero-order valence-electron chi connectivity index (χ0n) is 6.66. The molecular formula is C8H7BrN2O2. The van der Waals surface area contributed by atoms with Crippen LogP contribution in [0.2, 0.25) is 0 Å². The molecule has 4 nitrogen and oxygen atoms in total. The minimum absolute atomic E-state index is 0.269. The molecule has 0 aromatic heterocycles. The van der Waals surface area contributed by atoms with E-state index < -0.39 is 0 Å². The van der Waals surface area contributed by atoms with Gasteiger partial charge in [0.1, 0.15) is 0 Å². The summed E-state index contributed by atoms with van der Waals surface area (Å²) in [4.78, 5) is 0. The van der Waals surface area contributed by atoms with Gasteiger partial charge in [0.2, 0.25) is 6.79 Å². The van der Waals surface area contributed by atoms with E-state index in [0.29, 0.717) is 0 Å². The summed E-state index contributed by atoms with van der Waals surface area (Å²) in [5.41, 5.74) is 0.867. The highest BCUT2D eigenvalue weighted by Gasteiger charge is 2.15. The van der Waals surface area contributed by atoms with Crippen LogP contribution in [0.15, 0.2) is 21.7 Å². The third-order valence-corrected chi connectivity index (χ3v) is 2.39. The second kappa shape index (κ2) is 3.26. The van der Waals surface area contributed by atoms with E-state index in [4.69, 9.17) is 15.3 Å². The molecule has 0 aliphatic carbocycles. The number of fused-ring (bicyclic) bond motifs is 1. The fourth-order valence-corrected chi connectivity index (χ4v) is 1.54. The average Bonchev–Trinajstić information content (AvgIpc) is 2.52. The molecule has 0 saturated heterocycles. The highest BCUT2D eigenvalue weighted by atomic mass is 79.9. The van der Waals surface area contributed by atoms with Crippen LogP contribution in [0.4, 0.5) is 0 Å². The van der Waals surface area contributed by atoms with Crippen LogP contribution >= 0.6 is 15.9 Å². The second-order valence-corrected chi connectivity index (χ2v) is 3.36. The lowest BCUT2D eigenvalue weighted by Crippen LogP contribution is -1.92. The Morgan fingerprint density at radius 2 is 2.08 bits per heavy atom. The molecule has 1 aliphatic heterocycles. The van der Waals surface area contributed by atoms with Crippen LogP contribution in [-0.4, -0.2) is 13.0 Å². The number of ether oxygens (including phenoxy) is 2. The van der Waals surface area contributed by atoms with Gasteiger partial charge in [0.15, 0.2) is 11.5 Å². The van der Waals surface area contributed by atoms with Crippen LogP contribution in [0, 0.1) is 0 Å². The van der Waals surface area contributed by atoms with Crippen molar-refractivity contribution in [2.24, 2.45) is 10.9 Å². The van der Waals surface area contributed by atoms with Gasteiger partial charge in [0, 0.05) is 10.0 Å². The number of hydrazone groups is 1. The minimum atomic E-state index is 0.269. The van der Waals surface area contributed by atoms with Crippen molar-refractivity contribution >= 4 is 22.1 Å². The van der Waals surface area contributed by atoms with Crippen molar-refractivity contribution in [2.45, 2.75) is 0 Å². The Kier molecular flexibility index (Phi) is 2.10. The molecule has 1 aromatic carbocycles. The van der Waals surface area contributed by atoms with Crippen LogP contribution in [0.1, 0.15) is 5.56 Å². The molecule has 1 aromatic rings. The Hall–Kier alpha value is -1.23. The molecule has 0 radical (unpaired) electrons. The summed E-state index contributed by atoms with van der Waals surface area (Å²) in [5, 5.41) is 3.44. The Bertz CT molecular complexity index is 365. The predicted octanol–water partition coefficient (Wildman–Crippen LogP) is 1.47. The van der Waals surface area contributed by atoms with E-state index in [0.717, 1.165) is 21.5 Å². The topological polar surface area (TPSA) is 56.8 Å². The first kappa shape index (κ1) is 8.37. The molecule has 0 saturated carbocycles. The Labute approximate surface area is 83.5 Å². The van der Waals surface area contributed by atoms with Crippen LogP contribution < -0.4 is 15.3 Å². The third kappa shape index (κ3) is 1.47. The summed E-state index contributed by atoms with van der Waals surface area (Å²) in [6.07, 6.45) is 1.55. The van der Waals surface area contributed by atoms with Crippen molar-refractivity contribution in [1.29, 1.82) is 0 Å². The van der Waals surface area contributed by atoms with Crippen molar-refractivity contribution in [3.05, 3.63) is 22.2 Å². The van der Waals surface area contributed by atoms with Gasteiger partial charge in [-0.3, -0.25) is 0 Å². The Balaban J connectivity index is 2.49. The molecule has 0 atom stereocenters. The van der Waals surface area contributed by atoms with Gasteiger partial charge in [-0.2, -0.15) is 5.10 Å². The number of hydrogen-bond donors (Lipinski definition) is 1. The molecule has 0 amide bonds. The standard InChI is InChI=1S/C8H7BrN2O2/c9-6-2-8-7(12-4-13-8)1-5(6)3-11-10/h1-3H,4,10H2. The van der Waals surface area contributed by atoms with E-state index in [1.807, 2.05) is 12.1 Å². The summed E-state index contributed by atoms with van der Waals surface area (Å²) in [6.45, 7) is 0.269. The van der Waals surface area contributed by atoms with Crippen molar-refractivity contribution in [2.75, 3.05) is 6.79 Å². The van der Waals surface area contributed by atoms with Gasteiger partial charge in [-0.05, 0) is 28.1 Å². The zero-order valence-corrected chi connectivity index (χ0v) is 8.24. The summed E-state index contributed by atoms with van der Waals surface area (Å²) in [6, 6.07) is 3.65. The molecule has 13 heavy (non-hydrogen) atoms. The molecule has 0 unspecified atom stereocenters. The molecule has 2 rings (SSSR count). The molecule has 0 fully saturated rings. The zero-order chi connectivity index (χ0) is 9.26. The van der Waals surface area contributed by atoms with Crippen molar-refractivity contribution < 1.29 is 9.47 Å². The van der Waals surface area contributed by atoms with E-state index in [2.05, 4.69) is 21.0 Å². The van der Waals surface area contributed by atoms with Gasteiger partial charge in [-0.1, -0.05) is 0 Å². The van der Waals surface area contributed by atoms with Crippen LogP contribution in [-0.2, 0) is 0 Å². The first-order chi connectivity index (χ1) is 6.31. The predicted molar refractivity (Wildman–Crippen MR) is 52.0 cm³/mol. The molecule has 1 aliphatic rings. The number of nitrogens with zero attached hydrogens (tertiary/aromatic N) is 1. The maximum Gasteiger partial charge on any atom is 0.231 e. The molecule has 0 spiro atoms. The first-order valence-corrected chi connectivity index (χ1v) is 4.43. The fourth-order valence-electron chi connectivity index (χ4n) is 1.11. The largest absolute Gasteiger partial charge is 0.454 e. The normalized spacial score (nSPS) is 13.9. The average molecular weight is 243 g/mol. The summed E-state index contributed by atoms with van der Waals surface area (Å²) in [5.74, 6) is 6.51. The SMILES string of the molecule is NN=Cc1cc2c(cc1Br)OCO2. The number of benzene rings is 1. The van der Waals surface area contributed by atoms with Gasteiger partial charge in [0.25, 0.3) is 0 Å². The number of rotatable bonds is 1. The van der Waals surface area contributed by atoms with Gasteiger partial charge >= 0.3 is 0 Å². The first-order valence-electron chi connectivity index (χ1n) is 3.63. The van der Waals surface area contributed by atoms with Crippen molar-refractivity contribution in [1.82, 2.24) is 0 Å². The van der Waals surface area contributed by atoms with E-state index in [1.165, 1.54) is 0 Å². The monoisotopic (exact) mass is 242 g/mol. The fraction of sp³-hybridized carbons (Fsp3) is 0.125. The molecular weight excluding hydrogens is 236 g/mol. The van der Waals surface area contributed by atoms with E-state index in [-0.39, 0.29) is 6.79 Å². The lowest BCUT2D eigenvalue weighted by Gasteiger charge is -2.00.